The molecule has 0 aromatic carbocycles. The highest BCUT2D eigenvalue weighted by Gasteiger charge is 2.30. The summed E-state index contributed by atoms with van der Waals surface area (Å²) in [4.78, 5) is 6.52. The van der Waals surface area contributed by atoms with Gasteiger partial charge in [-0.15, -0.1) is 0 Å². The minimum absolute atomic E-state index is 0.0715. The Morgan fingerprint density at radius 1 is 1.40 bits per heavy atom. The fourth-order valence-electron chi connectivity index (χ4n) is 2.17. The molecule has 7 heteroatoms. The Hall–Kier alpha value is -0.820. The number of aliphatic imine (C=N–C) groups is 1. The van der Waals surface area contributed by atoms with E-state index in [1.54, 1.807) is 7.05 Å². The van der Waals surface area contributed by atoms with E-state index in [4.69, 9.17) is 4.74 Å². The molecule has 6 nitrogen and oxygen atoms in total. The maximum Gasteiger partial charge on any atom is 0.193 e. The Bertz CT molecular complexity index is 432. The number of nitrogens with zero attached hydrogens (tertiary/aromatic N) is 2. The van der Waals surface area contributed by atoms with Crippen LogP contribution in [0.15, 0.2) is 4.99 Å². The number of likely N-dealkylation sites (tertiary alicyclic amines) is 1. The highest BCUT2D eigenvalue weighted by Crippen LogP contribution is 2.28. The summed E-state index contributed by atoms with van der Waals surface area (Å²) in [6.07, 6.45) is 2.38. The summed E-state index contributed by atoms with van der Waals surface area (Å²) in [5.41, 5.74) is 0.337. The lowest BCUT2D eigenvalue weighted by Crippen LogP contribution is -2.42. The normalized spacial score (nSPS) is 19.4. The number of rotatable bonds is 6. The number of hydrogen-bond donors (Lipinski definition) is 1. The molecule has 0 aromatic rings. The molecule has 1 aliphatic rings. The van der Waals surface area contributed by atoms with Crippen LogP contribution in [0.1, 0.15) is 20.3 Å². The Morgan fingerprint density at radius 3 is 2.60 bits per heavy atom. The molecule has 0 saturated carbocycles. The molecule has 0 bridgehead atoms. The zero-order valence-corrected chi connectivity index (χ0v) is 13.8. The summed E-state index contributed by atoms with van der Waals surface area (Å²) in [5, 5.41) is 3.25. The highest BCUT2D eigenvalue weighted by molar-refractivity contribution is 7.90. The molecule has 0 atom stereocenters. The van der Waals surface area contributed by atoms with Crippen molar-refractivity contribution in [3.63, 3.8) is 0 Å². The lowest BCUT2D eigenvalue weighted by molar-refractivity contribution is 0.153. The zero-order chi connectivity index (χ0) is 15.2. The van der Waals surface area contributed by atoms with Crippen molar-refractivity contribution in [1.29, 1.82) is 0 Å². The predicted octanol–water partition coefficient (Wildman–Crippen LogP) is 0.355. The van der Waals surface area contributed by atoms with E-state index in [0.29, 0.717) is 18.6 Å². The first-order chi connectivity index (χ1) is 9.23. The van der Waals surface area contributed by atoms with E-state index in [9.17, 15) is 8.42 Å². The van der Waals surface area contributed by atoms with Crippen LogP contribution in [0.4, 0.5) is 0 Å². The molecule has 0 spiro atoms. The van der Waals surface area contributed by atoms with Crippen molar-refractivity contribution in [2.24, 2.45) is 10.4 Å². The first-order valence-corrected chi connectivity index (χ1v) is 9.01. The van der Waals surface area contributed by atoms with Crippen LogP contribution in [0.2, 0.25) is 0 Å². The summed E-state index contributed by atoms with van der Waals surface area (Å²) in [6, 6.07) is 0. The molecule has 1 aliphatic heterocycles. The molecule has 0 amide bonds. The Morgan fingerprint density at radius 2 is 2.10 bits per heavy atom. The van der Waals surface area contributed by atoms with Crippen LogP contribution in [0.3, 0.4) is 0 Å². The quantitative estimate of drug-likeness (QED) is 0.436. The molecule has 0 aromatic heterocycles. The highest BCUT2D eigenvalue weighted by atomic mass is 32.2. The molecule has 1 heterocycles. The number of nitrogens with one attached hydrogen (secondary N) is 1. The standard InChI is InChI=1S/C13H27N3O3S/c1-13(2)5-7-16(11-13)12(14-3)15-6-8-19-9-10-20(4,17)18/h5-11H2,1-4H3,(H,14,15). The van der Waals surface area contributed by atoms with E-state index in [1.165, 1.54) is 12.7 Å². The van der Waals surface area contributed by atoms with E-state index in [-0.39, 0.29) is 12.4 Å². The van der Waals surface area contributed by atoms with Crippen molar-refractivity contribution in [3.8, 4) is 0 Å². The van der Waals surface area contributed by atoms with Gasteiger partial charge in [0.15, 0.2) is 5.96 Å². The topological polar surface area (TPSA) is 71.0 Å². The van der Waals surface area contributed by atoms with E-state index in [0.717, 1.165) is 19.0 Å². The lowest BCUT2D eigenvalue weighted by atomic mass is 9.93. The minimum atomic E-state index is -2.94. The molecule has 1 saturated heterocycles. The number of guanidine groups is 1. The van der Waals surface area contributed by atoms with Crippen LogP contribution in [0, 0.1) is 5.41 Å². The van der Waals surface area contributed by atoms with Gasteiger partial charge in [0.2, 0.25) is 0 Å². The van der Waals surface area contributed by atoms with Crippen LogP contribution in [0.5, 0.6) is 0 Å². The summed E-state index contributed by atoms with van der Waals surface area (Å²) in [7, 11) is -1.16. The molecule has 1 fully saturated rings. The second kappa shape index (κ2) is 7.26. The minimum Gasteiger partial charge on any atom is -0.379 e. The summed E-state index contributed by atoms with van der Waals surface area (Å²) >= 11 is 0. The van der Waals surface area contributed by atoms with Gasteiger partial charge in [0.1, 0.15) is 9.84 Å². The Balaban J connectivity index is 2.20. The first kappa shape index (κ1) is 17.2. The average Bonchev–Trinajstić information content (AvgIpc) is 2.67. The van der Waals surface area contributed by atoms with Crippen LogP contribution in [-0.2, 0) is 14.6 Å². The second-order valence-electron chi connectivity index (χ2n) is 6.05. The van der Waals surface area contributed by atoms with Gasteiger partial charge in [0, 0.05) is 32.9 Å². The van der Waals surface area contributed by atoms with Gasteiger partial charge < -0.3 is 15.0 Å². The smallest absolute Gasteiger partial charge is 0.193 e. The monoisotopic (exact) mass is 305 g/mol. The van der Waals surface area contributed by atoms with Crippen molar-refractivity contribution >= 4 is 15.8 Å². The predicted molar refractivity (Wildman–Crippen MR) is 81.9 cm³/mol. The van der Waals surface area contributed by atoms with Gasteiger partial charge in [0.05, 0.1) is 19.0 Å². The van der Waals surface area contributed by atoms with Crippen LogP contribution < -0.4 is 5.32 Å². The van der Waals surface area contributed by atoms with Crippen molar-refractivity contribution in [2.75, 3.05) is 51.9 Å². The number of sulfone groups is 1. The molecule has 20 heavy (non-hydrogen) atoms. The maximum atomic E-state index is 10.9. The van der Waals surface area contributed by atoms with Gasteiger partial charge >= 0.3 is 0 Å². The number of ether oxygens (including phenoxy) is 1. The van der Waals surface area contributed by atoms with E-state index < -0.39 is 9.84 Å². The van der Waals surface area contributed by atoms with E-state index >= 15 is 0 Å². The lowest BCUT2D eigenvalue weighted by Gasteiger charge is -2.23. The average molecular weight is 305 g/mol. The van der Waals surface area contributed by atoms with Crippen LogP contribution in [-0.4, -0.2) is 71.2 Å². The maximum absolute atomic E-state index is 10.9. The van der Waals surface area contributed by atoms with Crippen LogP contribution in [0.25, 0.3) is 0 Å². The molecular weight excluding hydrogens is 278 g/mol. The summed E-state index contributed by atoms with van der Waals surface area (Å²) in [5.74, 6) is 0.962. The van der Waals surface area contributed by atoms with Gasteiger partial charge in [-0.2, -0.15) is 0 Å². The van der Waals surface area contributed by atoms with Crippen molar-refractivity contribution in [3.05, 3.63) is 0 Å². The Kier molecular flexibility index (Phi) is 6.26. The van der Waals surface area contributed by atoms with Gasteiger partial charge in [-0.25, -0.2) is 8.42 Å². The zero-order valence-electron chi connectivity index (χ0n) is 13.0. The van der Waals surface area contributed by atoms with Crippen molar-refractivity contribution in [2.45, 2.75) is 20.3 Å². The van der Waals surface area contributed by atoms with Crippen LogP contribution >= 0.6 is 0 Å². The molecule has 1 rings (SSSR count). The summed E-state index contributed by atoms with van der Waals surface area (Å²) < 4.78 is 27.2. The fourth-order valence-corrected chi connectivity index (χ4v) is 2.59. The van der Waals surface area contributed by atoms with Crippen molar-refractivity contribution < 1.29 is 13.2 Å². The third-order valence-electron chi connectivity index (χ3n) is 3.32. The Labute approximate surface area is 122 Å². The second-order valence-corrected chi connectivity index (χ2v) is 8.31. The first-order valence-electron chi connectivity index (χ1n) is 6.95. The SMILES string of the molecule is CN=C(NCCOCCS(C)(=O)=O)N1CCC(C)(C)C1. The van der Waals surface area contributed by atoms with E-state index in [1.807, 2.05) is 0 Å². The van der Waals surface area contributed by atoms with Gasteiger partial charge in [-0.05, 0) is 11.8 Å². The van der Waals surface area contributed by atoms with Gasteiger partial charge in [-0.1, -0.05) is 13.8 Å². The third kappa shape index (κ3) is 6.56. The molecule has 0 aliphatic carbocycles. The third-order valence-corrected chi connectivity index (χ3v) is 4.22. The largest absolute Gasteiger partial charge is 0.379 e. The molecule has 0 unspecified atom stereocenters. The molecule has 0 radical (unpaired) electrons. The van der Waals surface area contributed by atoms with E-state index in [2.05, 4.69) is 29.1 Å². The number of hydrogen-bond acceptors (Lipinski definition) is 4. The molecule has 118 valence electrons. The fraction of sp³-hybridized carbons (Fsp3) is 0.923. The molecular formula is C13H27N3O3S. The van der Waals surface area contributed by atoms with Gasteiger partial charge in [0.25, 0.3) is 0 Å². The van der Waals surface area contributed by atoms with Crippen molar-refractivity contribution in [1.82, 2.24) is 10.2 Å². The molecule has 1 N–H and O–H groups in total. The summed E-state index contributed by atoms with van der Waals surface area (Å²) in [6.45, 7) is 7.89. The van der Waals surface area contributed by atoms with Gasteiger partial charge in [-0.3, -0.25) is 4.99 Å².